The van der Waals surface area contributed by atoms with Crippen molar-refractivity contribution in [2.75, 3.05) is 18.0 Å². The molecule has 0 amide bonds. The zero-order valence-electron chi connectivity index (χ0n) is 15.0. The van der Waals surface area contributed by atoms with Gasteiger partial charge in [-0.15, -0.1) is 10.2 Å². The lowest BCUT2D eigenvalue weighted by atomic mass is 9.96. The maximum Gasteiger partial charge on any atom is 0.165 e. The summed E-state index contributed by atoms with van der Waals surface area (Å²) < 4.78 is 31.6. The second kappa shape index (κ2) is 6.11. The first-order valence-electron chi connectivity index (χ1n) is 9.26. The SMILES string of the molecule is Cc1nnc2n1-c1c(F)cc(-c3cncc(F)c3N3CCCC3)cc1CC2. The summed E-state index contributed by atoms with van der Waals surface area (Å²) in [7, 11) is 0. The van der Waals surface area contributed by atoms with Gasteiger partial charge in [0.05, 0.1) is 17.6 Å². The molecule has 2 aliphatic heterocycles. The third-order valence-electron chi connectivity index (χ3n) is 5.48. The highest BCUT2D eigenvalue weighted by atomic mass is 19.1. The van der Waals surface area contributed by atoms with Crippen LogP contribution in [0.5, 0.6) is 0 Å². The lowest BCUT2D eigenvalue weighted by Gasteiger charge is -2.24. The van der Waals surface area contributed by atoms with Gasteiger partial charge in [0.1, 0.15) is 17.5 Å². The van der Waals surface area contributed by atoms with Crippen LogP contribution in [0.15, 0.2) is 24.5 Å². The number of hydrogen-bond donors (Lipinski definition) is 0. The predicted molar refractivity (Wildman–Crippen MR) is 98.1 cm³/mol. The molecule has 2 aromatic heterocycles. The fraction of sp³-hybridized carbons (Fsp3) is 0.350. The first-order valence-corrected chi connectivity index (χ1v) is 9.26. The molecular formula is C20H19F2N5. The molecule has 0 N–H and O–H groups in total. The van der Waals surface area contributed by atoms with E-state index in [0.717, 1.165) is 37.3 Å². The highest BCUT2D eigenvalue weighted by Crippen LogP contribution is 2.38. The molecule has 5 nitrogen and oxygen atoms in total. The lowest BCUT2D eigenvalue weighted by Crippen LogP contribution is -2.20. The smallest absolute Gasteiger partial charge is 0.165 e. The van der Waals surface area contributed by atoms with Crippen LogP contribution in [0.3, 0.4) is 0 Å². The number of aromatic nitrogens is 4. The minimum atomic E-state index is -0.357. The van der Waals surface area contributed by atoms with Crippen LogP contribution >= 0.6 is 0 Å². The average molecular weight is 367 g/mol. The maximum absolute atomic E-state index is 15.2. The van der Waals surface area contributed by atoms with Gasteiger partial charge in [-0.05, 0) is 49.4 Å². The van der Waals surface area contributed by atoms with E-state index in [1.54, 1.807) is 10.8 Å². The van der Waals surface area contributed by atoms with Crippen LogP contribution < -0.4 is 4.90 Å². The number of nitrogens with zero attached hydrogens (tertiary/aromatic N) is 5. The summed E-state index contributed by atoms with van der Waals surface area (Å²) in [6.45, 7) is 3.44. The number of hydrogen-bond acceptors (Lipinski definition) is 4. The molecule has 0 bridgehead atoms. The van der Waals surface area contributed by atoms with Gasteiger partial charge in [0.2, 0.25) is 0 Å². The van der Waals surface area contributed by atoms with E-state index in [2.05, 4.69) is 15.2 Å². The molecule has 2 aliphatic rings. The van der Waals surface area contributed by atoms with Crippen molar-refractivity contribution in [1.82, 2.24) is 19.7 Å². The second-order valence-electron chi connectivity index (χ2n) is 7.18. The number of rotatable bonds is 2. The van der Waals surface area contributed by atoms with Crippen molar-refractivity contribution in [2.24, 2.45) is 0 Å². The highest BCUT2D eigenvalue weighted by molar-refractivity contribution is 5.80. The van der Waals surface area contributed by atoms with Gasteiger partial charge in [-0.1, -0.05) is 0 Å². The lowest BCUT2D eigenvalue weighted by molar-refractivity contribution is 0.602. The molecule has 1 saturated heterocycles. The van der Waals surface area contributed by atoms with Gasteiger partial charge in [0.15, 0.2) is 5.82 Å². The molecule has 138 valence electrons. The normalized spacial score (nSPS) is 15.7. The van der Waals surface area contributed by atoms with Crippen molar-refractivity contribution >= 4 is 5.69 Å². The standard InChI is InChI=1S/C20H19F2N5/c1-12-24-25-18-5-4-13-8-14(9-16(21)19(13)27(12)18)15-10-23-11-17(22)20(15)26-6-2-3-7-26/h8-11H,2-7H2,1H3. The summed E-state index contributed by atoms with van der Waals surface area (Å²) in [6, 6.07) is 3.43. The van der Waals surface area contributed by atoms with Gasteiger partial charge in [0, 0.05) is 31.3 Å². The molecule has 0 unspecified atom stereocenters. The number of aryl methyl sites for hydroxylation is 3. The number of benzene rings is 1. The van der Waals surface area contributed by atoms with Gasteiger partial charge < -0.3 is 4.90 Å². The van der Waals surface area contributed by atoms with E-state index >= 15 is 4.39 Å². The first kappa shape index (κ1) is 16.4. The summed E-state index contributed by atoms with van der Waals surface area (Å²) in [6.07, 6.45) is 6.33. The van der Waals surface area contributed by atoms with E-state index in [9.17, 15) is 4.39 Å². The Balaban J connectivity index is 1.68. The van der Waals surface area contributed by atoms with Gasteiger partial charge in [0.25, 0.3) is 0 Å². The van der Waals surface area contributed by atoms with E-state index in [0.29, 0.717) is 41.2 Å². The Morgan fingerprint density at radius 2 is 1.74 bits per heavy atom. The van der Waals surface area contributed by atoms with E-state index in [1.165, 1.54) is 12.3 Å². The molecule has 0 aliphatic carbocycles. The van der Waals surface area contributed by atoms with Crippen molar-refractivity contribution in [1.29, 1.82) is 0 Å². The summed E-state index contributed by atoms with van der Waals surface area (Å²) in [5.41, 5.74) is 3.23. The molecule has 3 aromatic rings. The molecule has 1 fully saturated rings. The molecule has 5 rings (SSSR count). The third-order valence-corrected chi connectivity index (χ3v) is 5.48. The van der Waals surface area contributed by atoms with Crippen molar-refractivity contribution in [3.63, 3.8) is 0 Å². The number of anilines is 1. The molecule has 0 saturated carbocycles. The topological polar surface area (TPSA) is 46.8 Å². The Bertz CT molecular complexity index is 1040. The van der Waals surface area contributed by atoms with Crippen LogP contribution in [0.25, 0.3) is 16.8 Å². The molecule has 0 atom stereocenters. The van der Waals surface area contributed by atoms with Gasteiger partial charge >= 0.3 is 0 Å². The minimum Gasteiger partial charge on any atom is -0.369 e. The van der Waals surface area contributed by atoms with Crippen molar-refractivity contribution < 1.29 is 8.78 Å². The summed E-state index contributed by atoms with van der Waals surface area (Å²) >= 11 is 0. The average Bonchev–Trinajstić information content (AvgIpc) is 3.31. The predicted octanol–water partition coefficient (Wildman–Crippen LogP) is 3.61. The quantitative estimate of drug-likeness (QED) is 0.694. The summed E-state index contributed by atoms with van der Waals surface area (Å²) in [5.74, 6) is 0.743. The van der Waals surface area contributed by atoms with Crippen molar-refractivity contribution in [3.8, 4) is 16.8 Å². The number of fused-ring (bicyclic) bond motifs is 3. The molecular weight excluding hydrogens is 348 g/mol. The second-order valence-corrected chi connectivity index (χ2v) is 7.18. The van der Waals surface area contributed by atoms with Crippen LogP contribution in [0.4, 0.5) is 14.5 Å². The zero-order valence-corrected chi connectivity index (χ0v) is 15.0. The Kier molecular flexibility index (Phi) is 3.70. The fourth-order valence-corrected chi connectivity index (χ4v) is 4.26. The Labute approximate surface area is 155 Å². The monoisotopic (exact) mass is 367 g/mol. The van der Waals surface area contributed by atoms with E-state index in [-0.39, 0.29) is 11.6 Å². The van der Waals surface area contributed by atoms with E-state index in [1.807, 2.05) is 17.9 Å². The number of halogens is 2. The van der Waals surface area contributed by atoms with E-state index in [4.69, 9.17) is 0 Å². The minimum absolute atomic E-state index is 0.344. The van der Waals surface area contributed by atoms with Crippen LogP contribution in [0.1, 0.15) is 30.1 Å². The fourth-order valence-electron chi connectivity index (χ4n) is 4.26. The van der Waals surface area contributed by atoms with Crippen LogP contribution in [-0.2, 0) is 12.8 Å². The molecule has 0 radical (unpaired) electrons. The third kappa shape index (κ3) is 2.52. The van der Waals surface area contributed by atoms with Gasteiger partial charge in [-0.3, -0.25) is 9.55 Å². The molecule has 4 heterocycles. The molecule has 27 heavy (non-hydrogen) atoms. The van der Waals surface area contributed by atoms with Crippen LogP contribution in [-0.4, -0.2) is 32.8 Å². The van der Waals surface area contributed by atoms with Crippen molar-refractivity contribution in [3.05, 3.63) is 53.4 Å². The highest BCUT2D eigenvalue weighted by Gasteiger charge is 2.26. The Morgan fingerprint density at radius 3 is 2.56 bits per heavy atom. The van der Waals surface area contributed by atoms with Gasteiger partial charge in [-0.2, -0.15) is 0 Å². The molecule has 0 spiro atoms. The molecule has 1 aromatic carbocycles. The van der Waals surface area contributed by atoms with Gasteiger partial charge in [-0.25, -0.2) is 8.78 Å². The molecule has 7 heteroatoms. The summed E-state index contributed by atoms with van der Waals surface area (Å²) in [5, 5.41) is 8.21. The largest absolute Gasteiger partial charge is 0.369 e. The maximum atomic E-state index is 15.2. The zero-order chi connectivity index (χ0) is 18.5. The van der Waals surface area contributed by atoms with Crippen LogP contribution in [0.2, 0.25) is 0 Å². The van der Waals surface area contributed by atoms with E-state index < -0.39 is 0 Å². The number of pyridine rings is 1. The Morgan fingerprint density at radius 1 is 0.926 bits per heavy atom. The Hall–Kier alpha value is -2.83. The summed E-state index contributed by atoms with van der Waals surface area (Å²) in [4.78, 5) is 6.06. The van der Waals surface area contributed by atoms with Crippen LogP contribution in [0, 0.1) is 18.6 Å². The van der Waals surface area contributed by atoms with Crippen molar-refractivity contribution in [2.45, 2.75) is 32.6 Å². The first-order chi connectivity index (χ1) is 13.1.